The molecule has 2 aromatic rings. The third kappa shape index (κ3) is 4.07. The summed E-state index contributed by atoms with van der Waals surface area (Å²) in [5.74, 6) is 0.122. The predicted octanol–water partition coefficient (Wildman–Crippen LogP) is 4.61. The van der Waals surface area contributed by atoms with Crippen molar-refractivity contribution in [2.24, 2.45) is 5.92 Å². The molecule has 2 aliphatic rings. The van der Waals surface area contributed by atoms with Gasteiger partial charge >= 0.3 is 12.1 Å². The molecular formula is C23H29F3N2O3. The highest BCUT2D eigenvalue weighted by atomic mass is 19.4. The molecule has 1 saturated carbocycles. The van der Waals surface area contributed by atoms with Crippen LogP contribution in [-0.2, 0) is 16.0 Å². The lowest BCUT2D eigenvalue weighted by Gasteiger charge is -2.46. The highest BCUT2D eigenvalue weighted by Gasteiger charge is 2.60. The van der Waals surface area contributed by atoms with Crippen LogP contribution >= 0.6 is 0 Å². The maximum absolute atomic E-state index is 13.4. The molecule has 0 radical (unpaired) electrons. The summed E-state index contributed by atoms with van der Waals surface area (Å²) in [6.45, 7) is 2.12. The number of aryl methyl sites for hydroxylation is 1. The van der Waals surface area contributed by atoms with Crippen LogP contribution in [0.2, 0.25) is 0 Å². The van der Waals surface area contributed by atoms with Gasteiger partial charge in [0.05, 0.1) is 25.9 Å². The maximum Gasteiger partial charge on any atom is 0.411 e. The molecule has 0 bridgehead atoms. The number of nitrogens with zero attached hydrogens (tertiary/aromatic N) is 1. The zero-order chi connectivity index (χ0) is 22.2. The summed E-state index contributed by atoms with van der Waals surface area (Å²) < 4.78 is 52.1. The summed E-state index contributed by atoms with van der Waals surface area (Å²) in [5.41, 5.74) is 0.634. The molecule has 5 nitrogen and oxygen atoms in total. The number of ether oxygens (including phenoxy) is 2. The summed E-state index contributed by atoms with van der Waals surface area (Å²) in [5, 5.41) is 3.74. The van der Waals surface area contributed by atoms with E-state index >= 15 is 0 Å². The number of halogens is 3. The summed E-state index contributed by atoms with van der Waals surface area (Å²) in [7, 11) is 1.39. The molecule has 0 unspecified atom stereocenters. The lowest BCUT2D eigenvalue weighted by molar-refractivity contribution is -0.270. The Labute approximate surface area is 179 Å². The van der Waals surface area contributed by atoms with E-state index in [1.165, 1.54) is 7.11 Å². The van der Waals surface area contributed by atoms with Gasteiger partial charge in [-0.05, 0) is 51.0 Å². The minimum absolute atomic E-state index is 0.123. The van der Waals surface area contributed by atoms with Crippen LogP contribution in [0.25, 0.3) is 10.9 Å². The van der Waals surface area contributed by atoms with E-state index in [1.807, 2.05) is 31.2 Å². The second-order valence-electron chi connectivity index (χ2n) is 8.84. The van der Waals surface area contributed by atoms with Gasteiger partial charge < -0.3 is 14.0 Å². The molecule has 2 heterocycles. The number of benzene rings is 1. The third-order valence-corrected chi connectivity index (χ3v) is 6.95. The van der Waals surface area contributed by atoms with E-state index in [4.69, 9.17) is 9.47 Å². The first kappa shape index (κ1) is 22.1. The number of carbonyl (C=O) groups excluding carboxylic acids is 1. The van der Waals surface area contributed by atoms with E-state index in [1.54, 1.807) is 0 Å². The number of nitrogens with one attached hydrogen (secondary N) is 1. The Morgan fingerprint density at radius 2 is 1.90 bits per heavy atom. The number of methoxy groups -OCH3 is 1. The van der Waals surface area contributed by atoms with E-state index in [0.29, 0.717) is 11.5 Å². The number of rotatable bonds is 6. The molecule has 1 saturated heterocycles. The van der Waals surface area contributed by atoms with Crippen molar-refractivity contribution in [3.05, 3.63) is 35.5 Å². The minimum atomic E-state index is -4.29. The van der Waals surface area contributed by atoms with Crippen molar-refractivity contribution in [1.82, 2.24) is 9.88 Å². The van der Waals surface area contributed by atoms with Gasteiger partial charge in [-0.3, -0.25) is 5.32 Å². The van der Waals surface area contributed by atoms with Crippen molar-refractivity contribution in [3.8, 4) is 0 Å². The molecule has 2 fully saturated rings. The van der Waals surface area contributed by atoms with Gasteiger partial charge in [-0.1, -0.05) is 18.2 Å². The minimum Gasteiger partial charge on any atom is -0.465 e. The standard InChI is InChI=1S/C23H29F3N2O3/c1-15-20(21(29)30-2)18-5-3-4-6-19(18)28(15)12-11-16-7-9-17(10-8-16)27-22(13-31-14-22)23(24,25)26/h3-6,16-17,27H,7-14H2,1-2H3. The predicted molar refractivity (Wildman–Crippen MR) is 111 cm³/mol. The summed E-state index contributed by atoms with van der Waals surface area (Å²) in [6, 6.07) is 7.68. The number of para-hydroxylation sites is 1. The first-order chi connectivity index (χ1) is 14.8. The van der Waals surface area contributed by atoms with Crippen LogP contribution in [0.5, 0.6) is 0 Å². The lowest BCUT2D eigenvalue weighted by atomic mass is 9.82. The highest BCUT2D eigenvalue weighted by molar-refractivity contribution is 6.05. The smallest absolute Gasteiger partial charge is 0.411 e. The Hall–Kier alpha value is -2.06. The fraction of sp³-hybridized carbons (Fsp3) is 0.609. The van der Waals surface area contributed by atoms with Crippen LogP contribution in [-0.4, -0.2) is 48.6 Å². The highest BCUT2D eigenvalue weighted by Crippen LogP contribution is 2.38. The molecular weight excluding hydrogens is 409 g/mol. The van der Waals surface area contributed by atoms with E-state index < -0.39 is 11.7 Å². The van der Waals surface area contributed by atoms with Crippen LogP contribution in [0.4, 0.5) is 13.2 Å². The summed E-state index contributed by atoms with van der Waals surface area (Å²) >= 11 is 0. The molecule has 0 spiro atoms. The fourth-order valence-electron chi connectivity index (χ4n) is 5.01. The molecule has 4 rings (SSSR count). The SMILES string of the molecule is COC(=O)c1c(C)n(CCC2CCC(NC3(C(F)(F)F)COC3)CC2)c2ccccc12. The normalized spacial score (nSPS) is 23.5. The summed E-state index contributed by atoms with van der Waals surface area (Å²) in [6.07, 6.45) is -0.0847. The fourth-order valence-corrected chi connectivity index (χ4v) is 5.01. The van der Waals surface area contributed by atoms with Crippen molar-refractivity contribution in [1.29, 1.82) is 0 Å². The molecule has 1 N–H and O–H groups in total. The van der Waals surface area contributed by atoms with Crippen molar-refractivity contribution in [3.63, 3.8) is 0 Å². The largest absolute Gasteiger partial charge is 0.465 e. The van der Waals surface area contributed by atoms with Gasteiger partial charge in [-0.15, -0.1) is 0 Å². The third-order valence-electron chi connectivity index (χ3n) is 6.95. The van der Waals surface area contributed by atoms with Crippen LogP contribution in [0.3, 0.4) is 0 Å². The average molecular weight is 438 g/mol. The van der Waals surface area contributed by atoms with Crippen LogP contribution in [0.15, 0.2) is 24.3 Å². The van der Waals surface area contributed by atoms with Gasteiger partial charge in [-0.25, -0.2) is 4.79 Å². The number of hydrogen-bond acceptors (Lipinski definition) is 4. The number of esters is 1. The van der Waals surface area contributed by atoms with Gasteiger partial charge in [0, 0.05) is 29.2 Å². The number of aromatic nitrogens is 1. The lowest BCUT2D eigenvalue weighted by Crippen LogP contribution is -2.71. The van der Waals surface area contributed by atoms with Crippen molar-refractivity contribution in [2.45, 2.75) is 63.3 Å². The van der Waals surface area contributed by atoms with Gasteiger partial charge in [0.1, 0.15) is 0 Å². The van der Waals surface area contributed by atoms with Crippen molar-refractivity contribution < 1.29 is 27.4 Å². The Morgan fingerprint density at radius 3 is 2.48 bits per heavy atom. The molecule has 0 amide bonds. The molecule has 0 atom stereocenters. The van der Waals surface area contributed by atoms with Gasteiger partial charge in [0.2, 0.25) is 0 Å². The van der Waals surface area contributed by atoms with Crippen molar-refractivity contribution in [2.75, 3.05) is 20.3 Å². The molecule has 1 aliphatic heterocycles. The number of alkyl halides is 3. The molecule has 1 aromatic carbocycles. The van der Waals surface area contributed by atoms with E-state index in [-0.39, 0.29) is 25.2 Å². The van der Waals surface area contributed by atoms with E-state index in [9.17, 15) is 18.0 Å². The number of fused-ring (bicyclic) bond motifs is 1. The van der Waals surface area contributed by atoms with Crippen LogP contribution in [0, 0.1) is 12.8 Å². The van der Waals surface area contributed by atoms with Gasteiger partial charge in [-0.2, -0.15) is 13.2 Å². The number of carbonyl (C=O) groups is 1. The first-order valence-electron chi connectivity index (χ1n) is 10.8. The molecule has 8 heteroatoms. The van der Waals surface area contributed by atoms with E-state index in [2.05, 4.69) is 9.88 Å². The quantitative estimate of drug-likeness (QED) is 0.670. The average Bonchev–Trinajstić information content (AvgIpc) is 2.99. The Bertz CT molecular complexity index is 941. The number of hydrogen-bond donors (Lipinski definition) is 1. The Morgan fingerprint density at radius 1 is 1.23 bits per heavy atom. The Kier molecular flexibility index (Phi) is 6.05. The second-order valence-corrected chi connectivity index (χ2v) is 8.84. The molecule has 1 aromatic heterocycles. The molecule has 1 aliphatic carbocycles. The van der Waals surface area contributed by atoms with Gasteiger partial charge in [0.15, 0.2) is 5.54 Å². The zero-order valence-electron chi connectivity index (χ0n) is 17.9. The first-order valence-corrected chi connectivity index (χ1v) is 10.8. The summed E-state index contributed by atoms with van der Waals surface area (Å²) in [4.78, 5) is 12.3. The maximum atomic E-state index is 13.4. The zero-order valence-corrected chi connectivity index (χ0v) is 17.9. The second kappa shape index (κ2) is 8.47. The molecule has 31 heavy (non-hydrogen) atoms. The Balaban J connectivity index is 1.38. The van der Waals surface area contributed by atoms with Crippen molar-refractivity contribution >= 4 is 16.9 Å². The molecule has 170 valence electrons. The topological polar surface area (TPSA) is 52.5 Å². The van der Waals surface area contributed by atoms with Gasteiger partial charge in [0.25, 0.3) is 0 Å². The van der Waals surface area contributed by atoms with E-state index in [0.717, 1.165) is 55.2 Å². The van der Waals surface area contributed by atoms with Crippen LogP contribution in [0.1, 0.15) is 48.2 Å². The van der Waals surface area contributed by atoms with Crippen LogP contribution < -0.4 is 5.32 Å². The monoisotopic (exact) mass is 438 g/mol.